The van der Waals surface area contributed by atoms with Crippen molar-refractivity contribution in [3.63, 3.8) is 0 Å². The minimum Gasteiger partial charge on any atom is -0.364 e. The molecule has 1 atom stereocenters. The minimum absolute atomic E-state index is 0.0472. The summed E-state index contributed by atoms with van der Waals surface area (Å²) >= 11 is 0. The van der Waals surface area contributed by atoms with Gasteiger partial charge in [0.25, 0.3) is 0 Å². The van der Waals surface area contributed by atoms with Gasteiger partial charge in [0.05, 0.1) is 17.0 Å². The third-order valence-electron chi connectivity index (χ3n) is 2.57. The molecule has 1 unspecified atom stereocenters. The molecular formula is C9H12FN3O2S. The normalized spacial score (nSPS) is 27.9. The number of nitrogens with one attached hydrogen (secondary N) is 1. The number of anilines is 1. The Kier molecular flexibility index (Phi) is 2.57. The highest BCUT2D eigenvalue weighted by atomic mass is 32.2. The number of hydrogen-bond acceptors (Lipinski definition) is 5. The van der Waals surface area contributed by atoms with Crippen molar-refractivity contribution in [2.45, 2.75) is 18.9 Å². The van der Waals surface area contributed by atoms with Crippen LogP contribution in [0.5, 0.6) is 0 Å². The van der Waals surface area contributed by atoms with Gasteiger partial charge in [-0.25, -0.2) is 18.4 Å². The molecule has 2 rings (SSSR count). The molecule has 1 fully saturated rings. The molecule has 88 valence electrons. The van der Waals surface area contributed by atoms with Gasteiger partial charge in [0, 0.05) is 6.07 Å². The Bertz CT molecular complexity index is 505. The number of nitrogens with zero attached hydrogens (tertiary/aromatic N) is 2. The molecular weight excluding hydrogens is 233 g/mol. The standard InChI is InChI=1S/C9H12FN3O2S/c1-9(2-3-16(14,15)5-9)13-8-4-7(10)11-6-12-8/h4,6H,2-3,5H2,1H3,(H,11,12,13). The third kappa shape index (κ3) is 2.46. The van der Waals surface area contributed by atoms with Crippen LogP contribution in [0.25, 0.3) is 0 Å². The molecule has 1 saturated heterocycles. The van der Waals surface area contributed by atoms with Gasteiger partial charge >= 0.3 is 0 Å². The molecule has 7 heteroatoms. The molecule has 0 spiro atoms. The third-order valence-corrected chi connectivity index (χ3v) is 4.47. The van der Waals surface area contributed by atoms with Gasteiger partial charge in [0.15, 0.2) is 9.84 Å². The first-order chi connectivity index (χ1) is 7.39. The van der Waals surface area contributed by atoms with Crippen LogP contribution in [-0.2, 0) is 9.84 Å². The summed E-state index contributed by atoms with van der Waals surface area (Å²) in [6, 6.07) is 1.15. The smallest absolute Gasteiger partial charge is 0.217 e. The van der Waals surface area contributed by atoms with Crippen molar-refractivity contribution in [2.75, 3.05) is 16.8 Å². The van der Waals surface area contributed by atoms with Crippen LogP contribution in [0, 0.1) is 5.95 Å². The largest absolute Gasteiger partial charge is 0.364 e. The van der Waals surface area contributed by atoms with E-state index in [1.807, 2.05) is 0 Å². The van der Waals surface area contributed by atoms with E-state index in [1.54, 1.807) is 6.92 Å². The lowest BCUT2D eigenvalue weighted by Gasteiger charge is -2.24. The quantitative estimate of drug-likeness (QED) is 0.773. The molecule has 0 aliphatic carbocycles. The van der Waals surface area contributed by atoms with Crippen molar-refractivity contribution in [3.8, 4) is 0 Å². The fourth-order valence-corrected chi connectivity index (χ4v) is 3.91. The zero-order chi connectivity index (χ0) is 11.8. The zero-order valence-electron chi connectivity index (χ0n) is 8.77. The number of halogens is 1. The predicted octanol–water partition coefficient (Wildman–Crippen LogP) is 0.605. The summed E-state index contributed by atoms with van der Waals surface area (Å²) in [5.74, 6) is -0.121. The highest BCUT2D eigenvalue weighted by molar-refractivity contribution is 7.91. The summed E-state index contributed by atoms with van der Waals surface area (Å²) in [7, 11) is -2.98. The van der Waals surface area contributed by atoms with E-state index in [2.05, 4.69) is 15.3 Å². The first kappa shape index (κ1) is 11.3. The molecule has 1 N–H and O–H groups in total. The number of hydrogen-bond donors (Lipinski definition) is 1. The maximum atomic E-state index is 12.8. The number of aromatic nitrogens is 2. The first-order valence-corrected chi connectivity index (χ1v) is 6.67. The summed E-state index contributed by atoms with van der Waals surface area (Å²) in [6.07, 6.45) is 1.60. The summed E-state index contributed by atoms with van der Waals surface area (Å²) in [6.45, 7) is 1.79. The molecule has 1 aliphatic heterocycles. The summed E-state index contributed by atoms with van der Waals surface area (Å²) in [5.41, 5.74) is -0.570. The average molecular weight is 245 g/mol. The lowest BCUT2D eigenvalue weighted by molar-refractivity contribution is 0.561. The fraction of sp³-hybridized carbons (Fsp3) is 0.556. The van der Waals surface area contributed by atoms with E-state index in [-0.39, 0.29) is 11.5 Å². The Hall–Kier alpha value is -1.24. The Labute approximate surface area is 93.0 Å². The highest BCUT2D eigenvalue weighted by Crippen LogP contribution is 2.26. The van der Waals surface area contributed by atoms with Crippen molar-refractivity contribution in [1.29, 1.82) is 0 Å². The number of rotatable bonds is 2. The molecule has 1 aliphatic rings. The topological polar surface area (TPSA) is 72.0 Å². The predicted molar refractivity (Wildman–Crippen MR) is 57.3 cm³/mol. The summed E-state index contributed by atoms with van der Waals surface area (Å²) in [5, 5.41) is 2.94. The van der Waals surface area contributed by atoms with E-state index in [1.165, 1.54) is 0 Å². The second-order valence-electron chi connectivity index (χ2n) is 4.25. The summed E-state index contributed by atoms with van der Waals surface area (Å²) < 4.78 is 35.5. The molecule has 1 aromatic heterocycles. The Balaban J connectivity index is 2.16. The van der Waals surface area contributed by atoms with Crippen molar-refractivity contribution < 1.29 is 12.8 Å². The van der Waals surface area contributed by atoms with Crippen LogP contribution < -0.4 is 5.32 Å². The Morgan fingerprint density at radius 1 is 1.50 bits per heavy atom. The molecule has 0 aromatic carbocycles. The molecule has 2 heterocycles. The van der Waals surface area contributed by atoms with Crippen molar-refractivity contribution >= 4 is 15.7 Å². The second kappa shape index (κ2) is 3.65. The lowest BCUT2D eigenvalue weighted by Crippen LogP contribution is -2.36. The van der Waals surface area contributed by atoms with Gasteiger partial charge in [0.1, 0.15) is 12.1 Å². The van der Waals surface area contributed by atoms with Gasteiger partial charge in [-0.15, -0.1) is 0 Å². The van der Waals surface area contributed by atoms with Crippen LogP contribution >= 0.6 is 0 Å². The lowest BCUT2D eigenvalue weighted by atomic mass is 10.0. The molecule has 5 nitrogen and oxygen atoms in total. The zero-order valence-corrected chi connectivity index (χ0v) is 9.59. The fourth-order valence-electron chi connectivity index (χ4n) is 1.82. The van der Waals surface area contributed by atoms with Gasteiger partial charge in [0.2, 0.25) is 5.95 Å². The Morgan fingerprint density at radius 2 is 2.25 bits per heavy atom. The minimum atomic E-state index is -2.98. The van der Waals surface area contributed by atoms with E-state index in [4.69, 9.17) is 0 Å². The molecule has 0 bridgehead atoms. The van der Waals surface area contributed by atoms with Crippen LogP contribution in [0.1, 0.15) is 13.3 Å². The van der Waals surface area contributed by atoms with Crippen LogP contribution in [0.3, 0.4) is 0 Å². The molecule has 0 radical (unpaired) electrons. The van der Waals surface area contributed by atoms with Gasteiger partial charge in [-0.05, 0) is 13.3 Å². The van der Waals surface area contributed by atoms with E-state index < -0.39 is 21.3 Å². The first-order valence-electron chi connectivity index (χ1n) is 4.85. The second-order valence-corrected chi connectivity index (χ2v) is 6.44. The van der Waals surface area contributed by atoms with Crippen molar-refractivity contribution in [1.82, 2.24) is 9.97 Å². The van der Waals surface area contributed by atoms with E-state index in [0.29, 0.717) is 12.2 Å². The monoisotopic (exact) mass is 245 g/mol. The maximum Gasteiger partial charge on any atom is 0.217 e. The van der Waals surface area contributed by atoms with Crippen LogP contribution in [0.15, 0.2) is 12.4 Å². The summed E-state index contributed by atoms with van der Waals surface area (Å²) in [4.78, 5) is 7.17. The van der Waals surface area contributed by atoms with Crippen molar-refractivity contribution in [3.05, 3.63) is 18.3 Å². The van der Waals surface area contributed by atoms with Gasteiger partial charge < -0.3 is 5.32 Å². The van der Waals surface area contributed by atoms with Gasteiger partial charge in [-0.2, -0.15) is 4.39 Å². The van der Waals surface area contributed by atoms with E-state index in [0.717, 1.165) is 12.4 Å². The molecule has 0 saturated carbocycles. The van der Waals surface area contributed by atoms with E-state index in [9.17, 15) is 12.8 Å². The molecule has 0 amide bonds. The highest BCUT2D eigenvalue weighted by Gasteiger charge is 2.38. The van der Waals surface area contributed by atoms with Crippen molar-refractivity contribution in [2.24, 2.45) is 0 Å². The number of sulfone groups is 1. The van der Waals surface area contributed by atoms with Crippen LogP contribution in [-0.4, -0.2) is 35.4 Å². The van der Waals surface area contributed by atoms with Crippen LogP contribution in [0.4, 0.5) is 10.2 Å². The van der Waals surface area contributed by atoms with Crippen LogP contribution in [0.2, 0.25) is 0 Å². The van der Waals surface area contributed by atoms with E-state index >= 15 is 0 Å². The molecule has 1 aromatic rings. The van der Waals surface area contributed by atoms with Gasteiger partial charge in [-0.1, -0.05) is 0 Å². The SMILES string of the molecule is CC1(Nc2cc(F)ncn2)CCS(=O)(=O)C1. The Morgan fingerprint density at radius 3 is 2.81 bits per heavy atom. The molecule has 16 heavy (non-hydrogen) atoms. The van der Waals surface area contributed by atoms with Gasteiger partial charge in [-0.3, -0.25) is 0 Å². The maximum absolute atomic E-state index is 12.8. The average Bonchev–Trinajstić information content (AvgIpc) is 2.40.